The van der Waals surface area contributed by atoms with Crippen molar-refractivity contribution in [3.8, 4) is 0 Å². The molecule has 0 bridgehead atoms. The van der Waals surface area contributed by atoms with Crippen molar-refractivity contribution in [2.24, 2.45) is 0 Å². The molecule has 4 atom stereocenters. The van der Waals surface area contributed by atoms with E-state index in [1.807, 2.05) is 0 Å². The fourth-order valence-corrected chi connectivity index (χ4v) is 1.91. The summed E-state index contributed by atoms with van der Waals surface area (Å²) in [5.74, 6) is -1.75. The Bertz CT molecular complexity index is 380. The van der Waals surface area contributed by atoms with Crippen molar-refractivity contribution in [2.45, 2.75) is 45.4 Å². The number of methoxy groups -OCH3 is 1. The van der Waals surface area contributed by atoms with Crippen molar-refractivity contribution in [1.82, 2.24) is 0 Å². The standard InChI is InChI=1S/C12H18O8/c1-6(13)18-9-5-17-12(16-4)11(20-8(3)15)10(9)19-7(2)14/h9-12H,5H2,1-4H3/t9-,10+,11-,12?/m0/s1. The zero-order valence-corrected chi connectivity index (χ0v) is 11.8. The van der Waals surface area contributed by atoms with Crippen molar-refractivity contribution >= 4 is 17.9 Å². The highest BCUT2D eigenvalue weighted by molar-refractivity contribution is 5.68. The Morgan fingerprint density at radius 2 is 1.40 bits per heavy atom. The van der Waals surface area contributed by atoms with Gasteiger partial charge < -0.3 is 23.7 Å². The maximum atomic E-state index is 11.2. The summed E-state index contributed by atoms with van der Waals surface area (Å²) in [4.78, 5) is 33.4. The largest absolute Gasteiger partial charge is 0.456 e. The summed E-state index contributed by atoms with van der Waals surface area (Å²) in [6.07, 6.45) is -3.78. The molecule has 0 amide bonds. The molecule has 1 heterocycles. The molecule has 8 heteroatoms. The molecule has 0 aromatic carbocycles. The predicted molar refractivity (Wildman–Crippen MR) is 63.4 cm³/mol. The van der Waals surface area contributed by atoms with Crippen LogP contribution in [0, 0.1) is 0 Å². The maximum absolute atomic E-state index is 11.2. The topological polar surface area (TPSA) is 97.4 Å². The van der Waals surface area contributed by atoms with Crippen molar-refractivity contribution in [2.75, 3.05) is 13.7 Å². The molecule has 0 saturated carbocycles. The average molecular weight is 290 g/mol. The van der Waals surface area contributed by atoms with E-state index in [1.165, 1.54) is 27.9 Å². The van der Waals surface area contributed by atoms with E-state index in [2.05, 4.69) is 0 Å². The molecule has 0 spiro atoms. The van der Waals surface area contributed by atoms with Crippen molar-refractivity contribution < 1.29 is 38.1 Å². The lowest BCUT2D eigenvalue weighted by Crippen LogP contribution is -2.57. The second-order valence-electron chi connectivity index (χ2n) is 4.23. The van der Waals surface area contributed by atoms with Crippen LogP contribution in [0.5, 0.6) is 0 Å². The highest BCUT2D eigenvalue weighted by Gasteiger charge is 2.47. The summed E-state index contributed by atoms with van der Waals surface area (Å²) in [5, 5.41) is 0. The van der Waals surface area contributed by atoms with Gasteiger partial charge in [0.25, 0.3) is 0 Å². The van der Waals surface area contributed by atoms with Gasteiger partial charge in [-0.05, 0) is 0 Å². The monoisotopic (exact) mass is 290 g/mol. The smallest absolute Gasteiger partial charge is 0.303 e. The minimum Gasteiger partial charge on any atom is -0.456 e. The minimum atomic E-state index is -1.01. The molecule has 0 aliphatic carbocycles. The van der Waals surface area contributed by atoms with Gasteiger partial charge in [0.05, 0.1) is 6.61 Å². The Labute approximate surface area is 116 Å². The summed E-state index contributed by atoms with van der Waals surface area (Å²) >= 11 is 0. The van der Waals surface area contributed by atoms with Crippen molar-refractivity contribution in [3.63, 3.8) is 0 Å². The maximum Gasteiger partial charge on any atom is 0.303 e. The number of esters is 3. The van der Waals surface area contributed by atoms with Gasteiger partial charge in [0.15, 0.2) is 24.6 Å². The first-order chi connectivity index (χ1) is 9.35. The molecule has 20 heavy (non-hydrogen) atoms. The van der Waals surface area contributed by atoms with Crippen molar-refractivity contribution in [3.05, 3.63) is 0 Å². The van der Waals surface area contributed by atoms with Crippen LogP contribution < -0.4 is 0 Å². The van der Waals surface area contributed by atoms with Crippen LogP contribution in [0.1, 0.15) is 20.8 Å². The minimum absolute atomic E-state index is 0.0339. The van der Waals surface area contributed by atoms with Gasteiger partial charge in [0, 0.05) is 27.9 Å². The summed E-state index contributed by atoms with van der Waals surface area (Å²) in [6.45, 7) is 3.59. The molecule has 0 N–H and O–H groups in total. The van der Waals surface area contributed by atoms with E-state index >= 15 is 0 Å². The van der Waals surface area contributed by atoms with Gasteiger partial charge in [-0.3, -0.25) is 14.4 Å². The van der Waals surface area contributed by atoms with E-state index in [1.54, 1.807) is 0 Å². The number of carbonyl (C=O) groups is 3. The van der Waals surface area contributed by atoms with Gasteiger partial charge in [-0.2, -0.15) is 0 Å². The summed E-state index contributed by atoms with van der Waals surface area (Å²) in [5.41, 5.74) is 0. The predicted octanol–water partition coefficient (Wildman–Crippen LogP) is -0.216. The fourth-order valence-electron chi connectivity index (χ4n) is 1.91. The molecule has 8 nitrogen and oxygen atoms in total. The SMILES string of the molecule is COC1OC[C@H](OC(C)=O)[C@@H](OC(C)=O)[C@@H]1OC(C)=O. The first kappa shape index (κ1) is 16.4. The van der Waals surface area contributed by atoms with E-state index in [-0.39, 0.29) is 6.61 Å². The first-order valence-corrected chi connectivity index (χ1v) is 6.01. The number of rotatable bonds is 4. The quantitative estimate of drug-likeness (QED) is 0.518. The Morgan fingerprint density at radius 3 is 1.85 bits per heavy atom. The van der Waals surface area contributed by atoms with Crippen LogP contribution in [0.3, 0.4) is 0 Å². The zero-order chi connectivity index (χ0) is 15.3. The third-order valence-corrected chi connectivity index (χ3v) is 2.54. The van der Waals surface area contributed by atoms with Crippen LogP contribution in [0.15, 0.2) is 0 Å². The molecule has 1 rings (SSSR count). The molecular formula is C12H18O8. The zero-order valence-electron chi connectivity index (χ0n) is 11.8. The molecule has 114 valence electrons. The average Bonchev–Trinajstić information content (AvgIpc) is 2.31. The van der Waals surface area contributed by atoms with Crippen LogP contribution in [0.25, 0.3) is 0 Å². The fraction of sp³-hybridized carbons (Fsp3) is 0.750. The lowest BCUT2D eigenvalue weighted by atomic mass is 10.0. The van der Waals surface area contributed by atoms with Gasteiger partial charge in [-0.1, -0.05) is 0 Å². The molecule has 0 aromatic heterocycles. The lowest BCUT2D eigenvalue weighted by molar-refractivity contribution is -0.274. The number of carbonyl (C=O) groups excluding carboxylic acids is 3. The van der Waals surface area contributed by atoms with Gasteiger partial charge >= 0.3 is 17.9 Å². The number of hydrogen-bond donors (Lipinski definition) is 0. The van der Waals surface area contributed by atoms with E-state index in [4.69, 9.17) is 23.7 Å². The molecule has 1 aliphatic rings. The summed E-state index contributed by atoms with van der Waals surface area (Å²) in [6, 6.07) is 0. The van der Waals surface area contributed by atoms with Crippen LogP contribution in [0.4, 0.5) is 0 Å². The van der Waals surface area contributed by atoms with E-state index in [9.17, 15) is 14.4 Å². The number of hydrogen-bond acceptors (Lipinski definition) is 8. The third-order valence-electron chi connectivity index (χ3n) is 2.54. The normalized spacial score (nSPS) is 29.4. The molecule has 1 saturated heterocycles. The third kappa shape index (κ3) is 4.46. The molecule has 1 aliphatic heterocycles. The van der Waals surface area contributed by atoms with E-state index in [0.29, 0.717) is 0 Å². The molecule has 1 unspecified atom stereocenters. The van der Waals surface area contributed by atoms with Crippen LogP contribution >= 0.6 is 0 Å². The van der Waals surface area contributed by atoms with Crippen LogP contribution in [0.2, 0.25) is 0 Å². The van der Waals surface area contributed by atoms with E-state index < -0.39 is 42.5 Å². The Kier molecular flexibility index (Phi) is 5.90. The summed E-state index contributed by atoms with van der Waals surface area (Å²) < 4.78 is 25.5. The van der Waals surface area contributed by atoms with Gasteiger partial charge in [0.1, 0.15) is 0 Å². The molecule has 1 fully saturated rings. The highest BCUT2D eigenvalue weighted by atomic mass is 16.7. The summed E-state index contributed by atoms with van der Waals surface area (Å²) in [7, 11) is 1.36. The molecule has 0 radical (unpaired) electrons. The second-order valence-corrected chi connectivity index (χ2v) is 4.23. The number of ether oxygens (including phenoxy) is 5. The first-order valence-electron chi connectivity index (χ1n) is 6.01. The lowest BCUT2D eigenvalue weighted by Gasteiger charge is -2.39. The molecule has 0 aromatic rings. The molecular weight excluding hydrogens is 272 g/mol. The van der Waals surface area contributed by atoms with Crippen LogP contribution in [-0.2, 0) is 38.1 Å². The Balaban J connectivity index is 2.95. The Hall–Kier alpha value is -1.67. The second kappa shape index (κ2) is 7.20. The van der Waals surface area contributed by atoms with E-state index in [0.717, 1.165) is 0 Å². The van der Waals surface area contributed by atoms with Gasteiger partial charge in [-0.25, -0.2) is 0 Å². The van der Waals surface area contributed by atoms with Gasteiger partial charge in [-0.15, -0.1) is 0 Å². The Morgan fingerprint density at radius 1 is 0.900 bits per heavy atom. The highest BCUT2D eigenvalue weighted by Crippen LogP contribution is 2.24. The van der Waals surface area contributed by atoms with Crippen molar-refractivity contribution in [1.29, 1.82) is 0 Å². The van der Waals surface area contributed by atoms with Crippen LogP contribution in [-0.4, -0.2) is 56.2 Å². The van der Waals surface area contributed by atoms with Gasteiger partial charge in [0.2, 0.25) is 0 Å².